The number of aromatic nitrogens is 3. The van der Waals surface area contributed by atoms with Gasteiger partial charge in [0.05, 0.1) is 42.8 Å². The maximum Gasteiger partial charge on any atom is 0.274 e. The highest BCUT2D eigenvalue weighted by atomic mass is 16.5. The Morgan fingerprint density at radius 3 is 2.97 bits per heavy atom. The quantitative estimate of drug-likeness (QED) is 0.466. The molecule has 1 aromatic carbocycles. The number of aliphatic hydroxyl groups excluding tert-OH is 1. The third-order valence-corrected chi connectivity index (χ3v) is 7.26. The molecular formula is C27H31N7O3. The minimum Gasteiger partial charge on any atom is -0.395 e. The molecule has 0 bridgehead atoms. The second kappa shape index (κ2) is 9.94. The van der Waals surface area contributed by atoms with E-state index >= 15 is 0 Å². The molecule has 5 rings (SSSR count). The third-order valence-electron chi connectivity index (χ3n) is 7.26. The number of morpholine rings is 1. The zero-order chi connectivity index (χ0) is 26.2. The first-order valence-corrected chi connectivity index (χ1v) is 12.3. The highest BCUT2D eigenvalue weighted by Gasteiger charge is 2.36. The van der Waals surface area contributed by atoms with Crippen LogP contribution in [0.3, 0.4) is 0 Å². The first-order chi connectivity index (χ1) is 17.8. The molecule has 2 aliphatic heterocycles. The van der Waals surface area contributed by atoms with Gasteiger partial charge >= 0.3 is 0 Å². The Kier molecular flexibility index (Phi) is 6.69. The van der Waals surface area contributed by atoms with E-state index in [4.69, 9.17) is 4.74 Å². The largest absolute Gasteiger partial charge is 0.395 e. The molecule has 0 aliphatic carbocycles. The number of likely N-dealkylation sites (N-methyl/N-ethyl adjacent to an activating group) is 1. The number of nitriles is 1. The number of anilines is 3. The fraction of sp³-hybridized carbons (Fsp3) is 0.407. The van der Waals surface area contributed by atoms with Crippen molar-refractivity contribution in [1.82, 2.24) is 19.4 Å². The smallest absolute Gasteiger partial charge is 0.274 e. The van der Waals surface area contributed by atoms with E-state index in [2.05, 4.69) is 31.6 Å². The summed E-state index contributed by atoms with van der Waals surface area (Å²) in [6, 6.07) is 9.66. The monoisotopic (exact) mass is 501 g/mol. The highest BCUT2D eigenvalue weighted by molar-refractivity contribution is 5.76. The first kappa shape index (κ1) is 24.9. The van der Waals surface area contributed by atoms with Crippen molar-refractivity contribution in [1.29, 1.82) is 5.26 Å². The summed E-state index contributed by atoms with van der Waals surface area (Å²) in [5.74, 6) is 0.284. The average Bonchev–Trinajstić information content (AvgIpc) is 3.24. The van der Waals surface area contributed by atoms with E-state index in [0.29, 0.717) is 43.2 Å². The van der Waals surface area contributed by atoms with Gasteiger partial charge in [-0.2, -0.15) is 5.26 Å². The van der Waals surface area contributed by atoms with Gasteiger partial charge in [-0.15, -0.1) is 0 Å². The van der Waals surface area contributed by atoms with Gasteiger partial charge in [0.15, 0.2) is 0 Å². The summed E-state index contributed by atoms with van der Waals surface area (Å²) in [7, 11) is 2.04. The van der Waals surface area contributed by atoms with Gasteiger partial charge in [-0.3, -0.25) is 9.69 Å². The lowest BCUT2D eigenvalue weighted by Gasteiger charge is -2.32. The fourth-order valence-corrected chi connectivity index (χ4v) is 4.93. The highest BCUT2D eigenvalue weighted by Crippen LogP contribution is 2.41. The SMILES string of the molecule is Cc1cc(Nc2nccc(-c3cc(C#N)c4c(c3)[C@@](C)(CO)CN4)n2)c(=O)n(CC2COCCN2C)c1. The minimum absolute atomic E-state index is 0.0414. The van der Waals surface area contributed by atoms with Gasteiger partial charge in [-0.05, 0) is 49.4 Å². The number of hydrogen-bond acceptors (Lipinski definition) is 9. The zero-order valence-electron chi connectivity index (χ0n) is 21.3. The number of ether oxygens (including phenoxy) is 1. The molecule has 0 radical (unpaired) electrons. The molecule has 3 N–H and O–H groups in total. The lowest BCUT2D eigenvalue weighted by molar-refractivity contribution is -0.000526. The van der Waals surface area contributed by atoms with Gasteiger partial charge in [-0.1, -0.05) is 6.92 Å². The van der Waals surface area contributed by atoms with Crippen molar-refractivity contribution in [2.75, 3.05) is 50.6 Å². The molecule has 2 aliphatic rings. The Bertz CT molecular complexity index is 1430. The number of benzene rings is 1. The number of fused-ring (bicyclic) bond motifs is 1. The second-order valence-electron chi connectivity index (χ2n) is 10.1. The van der Waals surface area contributed by atoms with Crippen LogP contribution in [0, 0.1) is 18.3 Å². The Labute approximate surface area is 215 Å². The van der Waals surface area contributed by atoms with Crippen LogP contribution in [0.25, 0.3) is 11.3 Å². The summed E-state index contributed by atoms with van der Waals surface area (Å²) in [6.45, 7) is 7.06. The Balaban J connectivity index is 1.46. The molecule has 192 valence electrons. The van der Waals surface area contributed by atoms with E-state index < -0.39 is 5.41 Å². The lowest BCUT2D eigenvalue weighted by Crippen LogP contribution is -2.46. The van der Waals surface area contributed by atoms with Crippen molar-refractivity contribution < 1.29 is 9.84 Å². The van der Waals surface area contributed by atoms with Gasteiger partial charge in [0.25, 0.3) is 5.56 Å². The summed E-state index contributed by atoms with van der Waals surface area (Å²) in [6.07, 6.45) is 3.48. The van der Waals surface area contributed by atoms with Crippen molar-refractivity contribution in [3.63, 3.8) is 0 Å². The van der Waals surface area contributed by atoms with Crippen LogP contribution in [0.4, 0.5) is 17.3 Å². The zero-order valence-corrected chi connectivity index (χ0v) is 21.3. The van der Waals surface area contributed by atoms with Crippen LogP contribution in [-0.2, 0) is 16.7 Å². The van der Waals surface area contributed by atoms with E-state index in [0.717, 1.165) is 28.9 Å². The molecule has 10 nitrogen and oxygen atoms in total. The predicted octanol–water partition coefficient (Wildman–Crippen LogP) is 2.24. The summed E-state index contributed by atoms with van der Waals surface area (Å²) < 4.78 is 7.32. The van der Waals surface area contributed by atoms with Crippen LogP contribution >= 0.6 is 0 Å². The van der Waals surface area contributed by atoms with Gasteiger partial charge < -0.3 is 25.0 Å². The molecule has 3 aromatic rings. The number of aliphatic hydroxyl groups is 1. The maximum absolute atomic E-state index is 13.3. The van der Waals surface area contributed by atoms with Gasteiger partial charge in [0.2, 0.25) is 5.95 Å². The predicted molar refractivity (Wildman–Crippen MR) is 141 cm³/mol. The maximum atomic E-state index is 13.3. The molecule has 0 spiro atoms. The van der Waals surface area contributed by atoms with Crippen molar-refractivity contribution in [2.24, 2.45) is 0 Å². The number of aryl methyl sites for hydroxylation is 1. The number of nitrogens with one attached hydrogen (secondary N) is 2. The molecule has 1 unspecified atom stereocenters. The van der Waals surface area contributed by atoms with Crippen molar-refractivity contribution in [3.05, 3.63) is 63.7 Å². The fourth-order valence-electron chi connectivity index (χ4n) is 4.93. The first-order valence-electron chi connectivity index (χ1n) is 12.3. The standard InChI is InChI=1S/C27H31N7O3/c1-17-8-23(25(36)34(12-17)13-20-14-37-7-6-33(20)3)32-26-29-5-4-22(31-26)18-9-19(11-28)24-21(10-18)27(2,16-35)15-30-24/h4-5,8-10,12,20,30,35H,6-7,13-16H2,1-3H3,(H,29,31,32)/t20?,27-/m1/s1. The van der Waals surface area contributed by atoms with Crippen molar-refractivity contribution >= 4 is 17.3 Å². The normalized spacial score (nSPS) is 21.2. The van der Waals surface area contributed by atoms with Crippen LogP contribution < -0.4 is 16.2 Å². The number of rotatable bonds is 6. The average molecular weight is 502 g/mol. The number of nitrogens with zero attached hydrogens (tertiary/aromatic N) is 5. The molecule has 0 amide bonds. The van der Waals surface area contributed by atoms with Crippen LogP contribution in [0.1, 0.15) is 23.6 Å². The van der Waals surface area contributed by atoms with E-state index in [1.165, 1.54) is 0 Å². The summed E-state index contributed by atoms with van der Waals surface area (Å²) in [5, 5.41) is 26.1. The molecule has 10 heteroatoms. The Morgan fingerprint density at radius 1 is 1.38 bits per heavy atom. The summed E-state index contributed by atoms with van der Waals surface area (Å²) in [5.41, 5.74) is 4.16. The molecule has 0 saturated carbocycles. The summed E-state index contributed by atoms with van der Waals surface area (Å²) >= 11 is 0. The molecule has 2 aromatic heterocycles. The topological polar surface area (TPSA) is 128 Å². The molecule has 1 fully saturated rings. The molecule has 4 heterocycles. The van der Waals surface area contributed by atoms with E-state index in [1.54, 1.807) is 29.0 Å². The van der Waals surface area contributed by atoms with Crippen LogP contribution in [-0.4, -0.2) is 70.5 Å². The molecular weight excluding hydrogens is 470 g/mol. The van der Waals surface area contributed by atoms with Gasteiger partial charge in [-0.25, -0.2) is 9.97 Å². The Hall–Kier alpha value is -3.78. The van der Waals surface area contributed by atoms with Gasteiger partial charge in [0.1, 0.15) is 11.8 Å². The van der Waals surface area contributed by atoms with Crippen molar-refractivity contribution in [3.8, 4) is 17.3 Å². The van der Waals surface area contributed by atoms with Crippen LogP contribution in [0.5, 0.6) is 0 Å². The number of pyridine rings is 1. The molecule has 2 atom stereocenters. The Morgan fingerprint density at radius 2 is 2.22 bits per heavy atom. The van der Waals surface area contributed by atoms with Crippen LogP contribution in [0.2, 0.25) is 0 Å². The second-order valence-corrected chi connectivity index (χ2v) is 10.1. The van der Waals surface area contributed by atoms with E-state index in [1.807, 2.05) is 33.2 Å². The molecule has 1 saturated heterocycles. The van der Waals surface area contributed by atoms with E-state index in [9.17, 15) is 15.2 Å². The van der Waals surface area contributed by atoms with E-state index in [-0.39, 0.29) is 24.2 Å². The van der Waals surface area contributed by atoms with Crippen LogP contribution in [0.15, 0.2) is 41.5 Å². The minimum atomic E-state index is -0.491. The lowest BCUT2D eigenvalue weighted by atomic mass is 9.83. The summed E-state index contributed by atoms with van der Waals surface area (Å²) in [4.78, 5) is 24.5. The van der Waals surface area contributed by atoms with Gasteiger partial charge in [0, 0.05) is 43.0 Å². The van der Waals surface area contributed by atoms with Crippen molar-refractivity contribution in [2.45, 2.75) is 31.8 Å². The molecule has 37 heavy (non-hydrogen) atoms. The number of hydrogen-bond donors (Lipinski definition) is 3. The third kappa shape index (κ3) is 4.81.